The maximum Gasteiger partial charge on any atom is 0.321 e. The molecule has 0 aliphatic carbocycles. The summed E-state index contributed by atoms with van der Waals surface area (Å²) in [6, 6.07) is 2.73. The quantitative estimate of drug-likeness (QED) is 0.468. The number of Topliss-reactive ketones (excluding diaryl/α,β-unsaturated/α-hetero) is 1. The number of hydrogen-bond donors (Lipinski definition) is 0. The Kier molecular flexibility index (Phi) is 5.29. The lowest BCUT2D eigenvalue weighted by atomic mass is 10.1. The van der Waals surface area contributed by atoms with E-state index in [1.54, 1.807) is 6.92 Å². The van der Waals surface area contributed by atoms with E-state index in [0.29, 0.717) is 0 Å². The standard InChI is InChI=1S/C13H13F2NO3/c1-3-19-13(18)10(8(2)17)7-16-12-6-9(14)4-5-11(12)15/h4-7,10H,3H2,1-2H3/b16-7+. The molecular formula is C13H13F2NO3. The van der Waals surface area contributed by atoms with Gasteiger partial charge in [-0.2, -0.15) is 0 Å². The van der Waals surface area contributed by atoms with Gasteiger partial charge in [-0.15, -0.1) is 0 Å². The van der Waals surface area contributed by atoms with Crippen LogP contribution in [0.15, 0.2) is 23.2 Å². The van der Waals surface area contributed by atoms with Crippen molar-refractivity contribution >= 4 is 23.7 Å². The van der Waals surface area contributed by atoms with Crippen molar-refractivity contribution in [2.75, 3.05) is 6.61 Å². The number of ether oxygens (including phenoxy) is 1. The average Bonchev–Trinajstić information content (AvgIpc) is 2.33. The SMILES string of the molecule is CCOC(=O)C(/C=N/c1cc(F)ccc1F)C(C)=O. The lowest BCUT2D eigenvalue weighted by molar-refractivity contribution is -0.148. The molecule has 0 heterocycles. The van der Waals surface area contributed by atoms with E-state index in [-0.39, 0.29) is 12.3 Å². The van der Waals surface area contributed by atoms with E-state index in [9.17, 15) is 18.4 Å². The van der Waals surface area contributed by atoms with Gasteiger partial charge in [0, 0.05) is 12.3 Å². The van der Waals surface area contributed by atoms with Crippen LogP contribution in [-0.2, 0) is 14.3 Å². The maximum atomic E-state index is 13.3. The molecule has 1 rings (SSSR count). The van der Waals surface area contributed by atoms with E-state index in [4.69, 9.17) is 0 Å². The number of nitrogens with zero attached hydrogens (tertiary/aromatic N) is 1. The molecule has 0 amide bonds. The molecule has 1 atom stereocenters. The molecule has 1 unspecified atom stereocenters. The first-order valence-corrected chi connectivity index (χ1v) is 5.62. The molecule has 19 heavy (non-hydrogen) atoms. The fourth-order valence-electron chi connectivity index (χ4n) is 1.30. The summed E-state index contributed by atoms with van der Waals surface area (Å²) in [6.45, 7) is 2.90. The molecule has 0 aromatic heterocycles. The molecule has 6 heteroatoms. The zero-order valence-electron chi connectivity index (χ0n) is 10.5. The first-order chi connectivity index (χ1) is 8.95. The van der Waals surface area contributed by atoms with Crippen molar-refractivity contribution < 1.29 is 23.1 Å². The smallest absolute Gasteiger partial charge is 0.321 e. The number of hydrogen-bond acceptors (Lipinski definition) is 4. The summed E-state index contributed by atoms with van der Waals surface area (Å²) in [6.07, 6.45) is 0.957. The van der Waals surface area contributed by atoms with Crippen LogP contribution in [0.4, 0.5) is 14.5 Å². The van der Waals surface area contributed by atoms with Crippen LogP contribution in [-0.4, -0.2) is 24.6 Å². The third-order valence-corrected chi connectivity index (χ3v) is 2.25. The van der Waals surface area contributed by atoms with E-state index >= 15 is 0 Å². The highest BCUT2D eigenvalue weighted by Crippen LogP contribution is 2.18. The monoisotopic (exact) mass is 269 g/mol. The molecule has 0 spiro atoms. The van der Waals surface area contributed by atoms with Gasteiger partial charge in [0.15, 0.2) is 5.92 Å². The number of carbonyl (C=O) groups excluding carboxylic acids is 2. The molecule has 0 radical (unpaired) electrons. The third kappa shape index (κ3) is 4.24. The fraction of sp³-hybridized carbons (Fsp3) is 0.308. The number of benzene rings is 1. The zero-order valence-corrected chi connectivity index (χ0v) is 10.5. The van der Waals surface area contributed by atoms with Crippen LogP contribution in [0, 0.1) is 17.6 Å². The second-order valence-corrected chi connectivity index (χ2v) is 3.71. The van der Waals surface area contributed by atoms with E-state index in [0.717, 1.165) is 24.4 Å². The van der Waals surface area contributed by atoms with Crippen LogP contribution >= 0.6 is 0 Å². The molecule has 102 valence electrons. The normalized spacial score (nSPS) is 12.4. The molecule has 1 aromatic rings. The first-order valence-electron chi connectivity index (χ1n) is 5.62. The second kappa shape index (κ2) is 6.72. The van der Waals surface area contributed by atoms with E-state index in [2.05, 4.69) is 9.73 Å². The Hall–Kier alpha value is -2.11. The van der Waals surface area contributed by atoms with Gasteiger partial charge < -0.3 is 4.74 Å². The summed E-state index contributed by atoms with van der Waals surface area (Å²) in [4.78, 5) is 26.4. The minimum absolute atomic E-state index is 0.116. The summed E-state index contributed by atoms with van der Waals surface area (Å²) in [7, 11) is 0. The molecule has 1 aromatic carbocycles. The lowest BCUT2D eigenvalue weighted by Crippen LogP contribution is -2.25. The molecule has 0 bridgehead atoms. The number of ketones is 1. The van der Waals surface area contributed by atoms with Gasteiger partial charge in [-0.3, -0.25) is 14.6 Å². The Bertz CT molecular complexity index is 515. The van der Waals surface area contributed by atoms with Crippen LogP contribution in [0.5, 0.6) is 0 Å². The van der Waals surface area contributed by atoms with Crippen LogP contribution in [0.3, 0.4) is 0 Å². The van der Waals surface area contributed by atoms with E-state index < -0.39 is 29.3 Å². The highest BCUT2D eigenvalue weighted by molar-refractivity contribution is 6.11. The van der Waals surface area contributed by atoms with Crippen LogP contribution in [0.2, 0.25) is 0 Å². The van der Waals surface area contributed by atoms with Crippen molar-refractivity contribution in [3.05, 3.63) is 29.8 Å². The fourth-order valence-corrected chi connectivity index (χ4v) is 1.30. The second-order valence-electron chi connectivity index (χ2n) is 3.71. The third-order valence-electron chi connectivity index (χ3n) is 2.25. The average molecular weight is 269 g/mol. The first kappa shape index (κ1) is 14.9. The number of carbonyl (C=O) groups is 2. The Labute approximate surface area is 109 Å². The van der Waals surface area contributed by atoms with Crippen LogP contribution in [0.25, 0.3) is 0 Å². The molecule has 0 N–H and O–H groups in total. The molecule has 4 nitrogen and oxygen atoms in total. The van der Waals surface area contributed by atoms with Crippen molar-refractivity contribution in [2.45, 2.75) is 13.8 Å². The summed E-state index contributed by atoms with van der Waals surface area (Å²) in [5.41, 5.74) is -0.282. The lowest BCUT2D eigenvalue weighted by Gasteiger charge is -2.07. The van der Waals surface area contributed by atoms with Crippen molar-refractivity contribution in [3.8, 4) is 0 Å². The van der Waals surface area contributed by atoms with Gasteiger partial charge in [-0.1, -0.05) is 0 Å². The molecule has 0 aliphatic rings. The number of aliphatic imine (C=N–C) groups is 1. The van der Waals surface area contributed by atoms with Gasteiger partial charge in [0.1, 0.15) is 23.1 Å². The minimum atomic E-state index is -1.22. The summed E-state index contributed by atoms with van der Waals surface area (Å²) in [5.74, 6) is -3.88. The van der Waals surface area contributed by atoms with Crippen LogP contribution in [0.1, 0.15) is 13.8 Å². The van der Waals surface area contributed by atoms with E-state index in [1.807, 2.05) is 0 Å². The summed E-state index contributed by atoms with van der Waals surface area (Å²) < 4.78 is 30.9. The highest BCUT2D eigenvalue weighted by atomic mass is 19.1. The van der Waals surface area contributed by atoms with E-state index in [1.165, 1.54) is 6.92 Å². The predicted octanol–water partition coefficient (Wildman–Crippen LogP) is 2.44. The van der Waals surface area contributed by atoms with Gasteiger partial charge in [0.05, 0.1) is 6.61 Å². The highest BCUT2D eigenvalue weighted by Gasteiger charge is 2.22. The Morgan fingerprint density at radius 1 is 1.42 bits per heavy atom. The maximum absolute atomic E-state index is 13.3. The predicted molar refractivity (Wildman–Crippen MR) is 65.3 cm³/mol. The van der Waals surface area contributed by atoms with Crippen molar-refractivity contribution in [2.24, 2.45) is 10.9 Å². The molecule has 0 saturated heterocycles. The summed E-state index contributed by atoms with van der Waals surface area (Å²) >= 11 is 0. The number of halogens is 2. The Balaban J connectivity index is 2.95. The topological polar surface area (TPSA) is 55.7 Å². The van der Waals surface area contributed by atoms with Crippen molar-refractivity contribution in [3.63, 3.8) is 0 Å². The van der Waals surface area contributed by atoms with Gasteiger partial charge >= 0.3 is 5.97 Å². The number of rotatable bonds is 5. The number of esters is 1. The van der Waals surface area contributed by atoms with Gasteiger partial charge in [-0.25, -0.2) is 8.78 Å². The molecule has 0 fully saturated rings. The van der Waals surface area contributed by atoms with Crippen molar-refractivity contribution in [1.29, 1.82) is 0 Å². The van der Waals surface area contributed by atoms with Gasteiger partial charge in [-0.05, 0) is 26.0 Å². The molecule has 0 aliphatic heterocycles. The summed E-state index contributed by atoms with van der Waals surface area (Å²) in [5, 5.41) is 0. The van der Waals surface area contributed by atoms with Crippen molar-refractivity contribution in [1.82, 2.24) is 0 Å². The minimum Gasteiger partial charge on any atom is -0.465 e. The largest absolute Gasteiger partial charge is 0.465 e. The van der Waals surface area contributed by atoms with Crippen LogP contribution < -0.4 is 0 Å². The Morgan fingerprint density at radius 2 is 2.11 bits per heavy atom. The molecule has 0 saturated carbocycles. The zero-order chi connectivity index (χ0) is 14.4. The van der Waals surface area contributed by atoms with Gasteiger partial charge in [0.25, 0.3) is 0 Å². The Morgan fingerprint density at radius 3 is 2.68 bits per heavy atom. The molecular weight excluding hydrogens is 256 g/mol. The van der Waals surface area contributed by atoms with Gasteiger partial charge in [0.2, 0.25) is 0 Å².